The molecule has 1 saturated carbocycles. The van der Waals surface area contributed by atoms with Gasteiger partial charge in [0.25, 0.3) is 11.6 Å². The summed E-state index contributed by atoms with van der Waals surface area (Å²) in [6.45, 7) is 0. The lowest BCUT2D eigenvalue weighted by molar-refractivity contribution is -0.384. The van der Waals surface area contributed by atoms with Crippen LogP contribution in [-0.4, -0.2) is 16.9 Å². The normalized spacial score (nSPS) is 17.1. The van der Waals surface area contributed by atoms with Crippen molar-refractivity contribution in [3.8, 4) is 6.07 Å². The lowest BCUT2D eigenvalue weighted by Crippen LogP contribution is -2.35. The predicted molar refractivity (Wildman–Crippen MR) is 118 cm³/mol. The zero-order valence-electron chi connectivity index (χ0n) is 17.2. The maximum Gasteiger partial charge on any atom is 0.271 e. The van der Waals surface area contributed by atoms with Crippen molar-refractivity contribution >= 4 is 28.9 Å². The van der Waals surface area contributed by atoms with Gasteiger partial charge in [-0.3, -0.25) is 14.9 Å². The monoisotopic (exact) mass is 432 g/mol. The van der Waals surface area contributed by atoms with E-state index in [-0.39, 0.29) is 28.0 Å². The van der Waals surface area contributed by atoms with E-state index in [1.807, 2.05) is 6.07 Å². The van der Waals surface area contributed by atoms with Crippen LogP contribution in [-0.2, 0) is 4.79 Å². The largest absolute Gasteiger partial charge is 0.359 e. The van der Waals surface area contributed by atoms with E-state index in [1.165, 1.54) is 69.3 Å². The second-order valence-electron chi connectivity index (χ2n) is 7.67. The molecule has 1 fully saturated rings. The molecule has 2 N–H and O–H groups in total. The molecular weight excluding hydrogens is 404 g/mol. The number of hydrogen-bond donors (Lipinski definition) is 2. The van der Waals surface area contributed by atoms with E-state index in [2.05, 4.69) is 10.6 Å². The Morgan fingerprint density at radius 3 is 2.20 bits per heavy atom. The summed E-state index contributed by atoms with van der Waals surface area (Å²) in [7, 11) is 0. The maximum atomic E-state index is 12.6. The van der Waals surface area contributed by atoms with Gasteiger partial charge < -0.3 is 10.6 Å². The fraction of sp³-hybridized carbons (Fsp3) is 0.545. The molecule has 0 unspecified atom stereocenters. The van der Waals surface area contributed by atoms with Crippen LogP contribution in [0.2, 0.25) is 5.02 Å². The highest BCUT2D eigenvalue weighted by molar-refractivity contribution is 6.33. The molecule has 8 heteroatoms. The Bertz CT molecular complexity index is 792. The molecule has 30 heavy (non-hydrogen) atoms. The summed E-state index contributed by atoms with van der Waals surface area (Å²) in [5, 5.41) is 26.3. The zero-order chi connectivity index (χ0) is 21.8. The van der Waals surface area contributed by atoms with Crippen LogP contribution in [0, 0.1) is 21.4 Å². The minimum absolute atomic E-state index is 0.0510. The van der Waals surface area contributed by atoms with E-state index in [0.29, 0.717) is 0 Å². The van der Waals surface area contributed by atoms with Crippen LogP contribution in [0.25, 0.3) is 0 Å². The van der Waals surface area contributed by atoms with Crippen LogP contribution in [0.1, 0.15) is 70.6 Å². The molecule has 1 aliphatic rings. The Labute approximate surface area is 182 Å². The number of nitriles is 1. The molecule has 1 aromatic carbocycles. The number of anilines is 1. The maximum absolute atomic E-state index is 12.6. The lowest BCUT2D eigenvalue weighted by Gasteiger charge is -2.19. The van der Waals surface area contributed by atoms with E-state index in [4.69, 9.17) is 11.6 Å². The van der Waals surface area contributed by atoms with E-state index in [1.54, 1.807) is 0 Å². The fourth-order valence-electron chi connectivity index (χ4n) is 3.61. The Hall–Kier alpha value is -2.59. The average Bonchev–Trinajstić information content (AvgIpc) is 2.71. The van der Waals surface area contributed by atoms with Crippen molar-refractivity contribution in [1.82, 2.24) is 5.32 Å². The molecule has 0 bridgehead atoms. The number of carbonyl (C=O) groups excluding carboxylic acids is 1. The highest BCUT2D eigenvalue weighted by atomic mass is 35.5. The molecule has 0 aromatic heterocycles. The summed E-state index contributed by atoms with van der Waals surface area (Å²) in [6, 6.07) is 5.90. The summed E-state index contributed by atoms with van der Waals surface area (Å²) in [5.41, 5.74) is 0.0348. The number of halogens is 1. The van der Waals surface area contributed by atoms with Gasteiger partial charge in [0.1, 0.15) is 11.6 Å². The number of rotatable bonds is 5. The molecule has 0 saturated heterocycles. The average molecular weight is 433 g/mol. The highest BCUT2D eigenvalue weighted by Gasteiger charge is 2.16. The first-order valence-corrected chi connectivity index (χ1v) is 11.0. The van der Waals surface area contributed by atoms with Gasteiger partial charge in [0.15, 0.2) is 0 Å². The lowest BCUT2D eigenvalue weighted by atomic mass is 9.98. The molecule has 162 valence electrons. The molecule has 0 atom stereocenters. The third-order valence-corrected chi connectivity index (χ3v) is 5.67. The fourth-order valence-corrected chi connectivity index (χ4v) is 3.78. The van der Waals surface area contributed by atoms with Crippen LogP contribution < -0.4 is 10.6 Å². The molecule has 0 radical (unpaired) electrons. The SMILES string of the molecule is N#C/C(=C/Nc1cc([N+](=O)[O-])ccc1Cl)C(=O)NC1CCCCCCCCCCC1. The molecule has 7 nitrogen and oxygen atoms in total. The van der Waals surface area contributed by atoms with E-state index < -0.39 is 10.8 Å². The second-order valence-corrected chi connectivity index (χ2v) is 8.07. The smallest absolute Gasteiger partial charge is 0.271 e. The molecule has 0 heterocycles. The summed E-state index contributed by atoms with van der Waals surface area (Å²) in [6.07, 6.45) is 13.9. The van der Waals surface area contributed by atoms with Gasteiger partial charge in [-0.2, -0.15) is 5.26 Å². The van der Waals surface area contributed by atoms with Crippen molar-refractivity contribution in [3.05, 3.63) is 45.1 Å². The number of benzene rings is 1. The Morgan fingerprint density at radius 2 is 1.67 bits per heavy atom. The highest BCUT2D eigenvalue weighted by Crippen LogP contribution is 2.27. The number of non-ortho nitro benzene ring substituents is 1. The molecule has 0 aliphatic heterocycles. The molecule has 1 amide bonds. The van der Waals surface area contributed by atoms with Crippen LogP contribution >= 0.6 is 11.6 Å². The minimum Gasteiger partial charge on any atom is -0.359 e. The van der Waals surface area contributed by atoms with Gasteiger partial charge in [-0.1, -0.05) is 69.4 Å². The van der Waals surface area contributed by atoms with Crippen LogP contribution in [0.4, 0.5) is 11.4 Å². The summed E-state index contributed by atoms with van der Waals surface area (Å²) < 4.78 is 0. The number of hydrogen-bond acceptors (Lipinski definition) is 5. The van der Waals surface area contributed by atoms with Crippen molar-refractivity contribution in [1.29, 1.82) is 5.26 Å². The molecular formula is C22H29ClN4O3. The van der Waals surface area contributed by atoms with Crippen molar-refractivity contribution in [2.75, 3.05) is 5.32 Å². The van der Waals surface area contributed by atoms with Crippen molar-refractivity contribution < 1.29 is 9.72 Å². The number of amides is 1. The minimum atomic E-state index is -0.535. The van der Waals surface area contributed by atoms with Gasteiger partial charge in [-0.15, -0.1) is 0 Å². The van der Waals surface area contributed by atoms with Gasteiger partial charge >= 0.3 is 0 Å². The first-order valence-electron chi connectivity index (χ1n) is 10.6. The zero-order valence-corrected chi connectivity index (χ0v) is 17.9. The molecule has 0 spiro atoms. The van der Waals surface area contributed by atoms with Crippen molar-refractivity contribution in [2.45, 2.75) is 76.7 Å². The number of nitrogens with zero attached hydrogens (tertiary/aromatic N) is 2. The van der Waals surface area contributed by atoms with Crippen molar-refractivity contribution in [3.63, 3.8) is 0 Å². The molecule has 1 aromatic rings. The van der Waals surface area contributed by atoms with Crippen LogP contribution in [0.15, 0.2) is 30.0 Å². The third-order valence-electron chi connectivity index (χ3n) is 5.34. The molecule has 1 aliphatic carbocycles. The van der Waals surface area contributed by atoms with Gasteiger partial charge in [0.05, 0.1) is 15.6 Å². The van der Waals surface area contributed by atoms with Gasteiger partial charge in [-0.05, 0) is 18.9 Å². The topological polar surface area (TPSA) is 108 Å². The first-order chi connectivity index (χ1) is 14.5. The van der Waals surface area contributed by atoms with Crippen LogP contribution in [0.3, 0.4) is 0 Å². The van der Waals surface area contributed by atoms with Crippen molar-refractivity contribution in [2.24, 2.45) is 0 Å². The Kier molecular flexibility index (Phi) is 10.2. The Balaban J connectivity index is 2.00. The van der Waals surface area contributed by atoms with Crippen LogP contribution in [0.5, 0.6) is 0 Å². The van der Waals surface area contributed by atoms with Gasteiger partial charge in [-0.25, -0.2) is 0 Å². The van der Waals surface area contributed by atoms with E-state index >= 15 is 0 Å². The van der Waals surface area contributed by atoms with Gasteiger partial charge in [0, 0.05) is 24.4 Å². The number of carbonyl (C=O) groups is 1. The van der Waals surface area contributed by atoms with E-state index in [9.17, 15) is 20.2 Å². The Morgan fingerprint density at radius 1 is 1.10 bits per heavy atom. The quantitative estimate of drug-likeness (QED) is 0.262. The number of nitrogens with one attached hydrogen (secondary N) is 2. The van der Waals surface area contributed by atoms with E-state index in [0.717, 1.165) is 25.7 Å². The summed E-state index contributed by atoms with van der Waals surface area (Å²) in [4.78, 5) is 23.0. The number of nitro benzene ring substituents is 1. The second kappa shape index (κ2) is 12.9. The van der Waals surface area contributed by atoms with Gasteiger partial charge in [0.2, 0.25) is 0 Å². The standard InChI is InChI=1S/C22H29ClN4O3/c23-20-13-12-19(27(29)30)14-21(20)25-16-17(15-24)22(28)26-18-10-8-6-4-2-1-3-5-7-9-11-18/h12-14,16,18,25H,1-11H2,(H,26,28)/b17-16-. The summed E-state index contributed by atoms with van der Waals surface area (Å²) in [5.74, 6) is -0.441. The third kappa shape index (κ3) is 8.03. The summed E-state index contributed by atoms with van der Waals surface area (Å²) >= 11 is 6.05. The first kappa shape index (κ1) is 23.7. The predicted octanol–water partition coefficient (Wildman–Crippen LogP) is 5.86. The molecule has 2 rings (SSSR count). The number of nitro groups is 1.